The molecule has 1 fully saturated rings. The van der Waals surface area contributed by atoms with E-state index in [1.54, 1.807) is 6.07 Å². The van der Waals surface area contributed by atoms with Crippen molar-refractivity contribution in [3.63, 3.8) is 0 Å². The van der Waals surface area contributed by atoms with Gasteiger partial charge in [0.15, 0.2) is 0 Å². The van der Waals surface area contributed by atoms with Gasteiger partial charge < -0.3 is 5.11 Å². The summed E-state index contributed by atoms with van der Waals surface area (Å²) < 4.78 is 27.0. The highest BCUT2D eigenvalue weighted by molar-refractivity contribution is 7.89. The van der Waals surface area contributed by atoms with E-state index in [2.05, 4.69) is 4.72 Å². The molecule has 1 aromatic carbocycles. The van der Waals surface area contributed by atoms with Gasteiger partial charge >= 0.3 is 5.97 Å². The Bertz CT molecular complexity index is 659. The van der Waals surface area contributed by atoms with Crippen LogP contribution in [0, 0.1) is 17.2 Å². The van der Waals surface area contributed by atoms with Crippen LogP contribution >= 0.6 is 0 Å². The number of rotatable bonds is 6. The molecule has 1 atom stereocenters. The van der Waals surface area contributed by atoms with Crippen LogP contribution < -0.4 is 4.72 Å². The van der Waals surface area contributed by atoms with E-state index in [0.29, 0.717) is 0 Å². The van der Waals surface area contributed by atoms with Crippen molar-refractivity contribution in [3.05, 3.63) is 29.8 Å². The number of nitrogens with one attached hydrogen (secondary N) is 1. The van der Waals surface area contributed by atoms with Crippen LogP contribution in [0.15, 0.2) is 29.2 Å². The van der Waals surface area contributed by atoms with E-state index in [1.807, 2.05) is 6.07 Å². The molecule has 7 heteroatoms. The average Bonchev–Trinajstić information content (AvgIpc) is 3.21. The van der Waals surface area contributed by atoms with Gasteiger partial charge in [0.05, 0.1) is 16.9 Å². The third-order valence-corrected chi connectivity index (χ3v) is 4.74. The second-order valence-electron chi connectivity index (χ2n) is 4.77. The number of nitriles is 1. The molecule has 0 amide bonds. The van der Waals surface area contributed by atoms with Crippen LogP contribution in [0.1, 0.15) is 24.8 Å². The maximum atomic E-state index is 12.3. The topological polar surface area (TPSA) is 107 Å². The summed E-state index contributed by atoms with van der Waals surface area (Å²) in [5, 5.41) is 17.8. The molecule has 0 bridgehead atoms. The van der Waals surface area contributed by atoms with E-state index in [9.17, 15) is 13.2 Å². The first-order chi connectivity index (χ1) is 9.44. The van der Waals surface area contributed by atoms with Crippen LogP contribution in [-0.2, 0) is 14.8 Å². The molecule has 2 rings (SSSR count). The van der Waals surface area contributed by atoms with Crippen molar-refractivity contribution in [1.29, 1.82) is 5.26 Å². The first-order valence-electron chi connectivity index (χ1n) is 6.17. The minimum Gasteiger partial charge on any atom is -0.481 e. The highest BCUT2D eigenvalue weighted by atomic mass is 32.2. The van der Waals surface area contributed by atoms with Gasteiger partial charge in [-0.25, -0.2) is 13.1 Å². The molecular weight excluding hydrogens is 280 g/mol. The van der Waals surface area contributed by atoms with E-state index in [1.165, 1.54) is 18.2 Å². The number of carboxylic acid groups (broad SMARTS) is 1. The zero-order valence-corrected chi connectivity index (χ0v) is 11.4. The Hall–Kier alpha value is -1.91. The number of nitrogens with zero attached hydrogens (tertiary/aromatic N) is 1. The van der Waals surface area contributed by atoms with E-state index >= 15 is 0 Å². The van der Waals surface area contributed by atoms with E-state index in [0.717, 1.165) is 12.8 Å². The summed E-state index contributed by atoms with van der Waals surface area (Å²) in [5.74, 6) is -0.978. The van der Waals surface area contributed by atoms with Crippen LogP contribution in [0.2, 0.25) is 0 Å². The quantitative estimate of drug-likeness (QED) is 0.816. The van der Waals surface area contributed by atoms with E-state index in [-0.39, 0.29) is 22.8 Å². The number of carbonyl (C=O) groups is 1. The molecule has 0 radical (unpaired) electrons. The Morgan fingerprint density at radius 1 is 1.45 bits per heavy atom. The molecule has 0 saturated heterocycles. The fourth-order valence-electron chi connectivity index (χ4n) is 2.05. The molecule has 20 heavy (non-hydrogen) atoms. The molecule has 0 spiro atoms. The maximum absolute atomic E-state index is 12.3. The Morgan fingerprint density at radius 3 is 2.65 bits per heavy atom. The van der Waals surface area contributed by atoms with Crippen molar-refractivity contribution >= 4 is 16.0 Å². The van der Waals surface area contributed by atoms with Crippen LogP contribution in [0.25, 0.3) is 0 Å². The van der Waals surface area contributed by atoms with Gasteiger partial charge in [0.2, 0.25) is 10.0 Å². The lowest BCUT2D eigenvalue weighted by Crippen LogP contribution is -2.38. The van der Waals surface area contributed by atoms with Gasteiger partial charge in [-0.1, -0.05) is 12.1 Å². The Morgan fingerprint density at radius 2 is 2.10 bits per heavy atom. The zero-order valence-electron chi connectivity index (χ0n) is 10.6. The normalized spacial score (nSPS) is 16.4. The number of hydrogen-bond donors (Lipinski definition) is 2. The minimum absolute atomic E-state index is 0.0462. The third kappa shape index (κ3) is 3.35. The monoisotopic (exact) mass is 294 g/mol. The first kappa shape index (κ1) is 14.5. The van der Waals surface area contributed by atoms with Crippen molar-refractivity contribution in [1.82, 2.24) is 4.72 Å². The number of benzene rings is 1. The molecule has 6 nitrogen and oxygen atoms in total. The van der Waals surface area contributed by atoms with Crippen LogP contribution in [0.3, 0.4) is 0 Å². The van der Waals surface area contributed by atoms with Crippen molar-refractivity contribution in [2.45, 2.75) is 30.2 Å². The Kier molecular flexibility index (Phi) is 4.06. The molecule has 1 aliphatic rings. The van der Waals surface area contributed by atoms with Crippen LogP contribution in [0.4, 0.5) is 0 Å². The lowest BCUT2D eigenvalue weighted by atomic mass is 10.1. The van der Waals surface area contributed by atoms with Crippen molar-refractivity contribution in [3.8, 4) is 6.07 Å². The second kappa shape index (κ2) is 5.61. The standard InChI is InChI=1S/C13H14N2O4S/c14-8-10-3-1-2-4-12(10)20(18,19)15-11(7-13(16)17)9-5-6-9/h1-4,9,11,15H,5-7H2,(H,16,17). The van der Waals surface area contributed by atoms with Gasteiger partial charge in [0, 0.05) is 6.04 Å². The number of aliphatic carboxylic acids is 1. The molecule has 1 saturated carbocycles. The van der Waals surface area contributed by atoms with E-state index < -0.39 is 22.0 Å². The summed E-state index contributed by atoms with van der Waals surface area (Å²) in [4.78, 5) is 10.7. The largest absolute Gasteiger partial charge is 0.481 e. The molecule has 1 unspecified atom stereocenters. The summed E-state index contributed by atoms with van der Waals surface area (Å²) in [6.45, 7) is 0. The Labute approximate surface area is 117 Å². The predicted molar refractivity (Wildman–Crippen MR) is 70.2 cm³/mol. The third-order valence-electron chi connectivity index (χ3n) is 3.19. The molecule has 2 N–H and O–H groups in total. The molecule has 106 valence electrons. The number of hydrogen-bond acceptors (Lipinski definition) is 4. The molecule has 1 aromatic rings. The lowest BCUT2D eigenvalue weighted by molar-refractivity contribution is -0.137. The fraction of sp³-hybridized carbons (Fsp3) is 0.385. The summed E-state index contributed by atoms with van der Waals surface area (Å²) >= 11 is 0. The van der Waals surface area contributed by atoms with Crippen LogP contribution in [0.5, 0.6) is 0 Å². The zero-order chi connectivity index (χ0) is 14.8. The van der Waals surface area contributed by atoms with Crippen molar-refractivity contribution < 1.29 is 18.3 Å². The van der Waals surface area contributed by atoms with Gasteiger partial charge in [-0.05, 0) is 30.9 Å². The molecule has 0 heterocycles. The van der Waals surface area contributed by atoms with Gasteiger partial charge in [0.25, 0.3) is 0 Å². The number of carboxylic acids is 1. The second-order valence-corrected chi connectivity index (χ2v) is 6.45. The minimum atomic E-state index is -3.89. The smallest absolute Gasteiger partial charge is 0.304 e. The SMILES string of the molecule is N#Cc1ccccc1S(=O)(=O)NC(CC(=O)O)C1CC1. The number of sulfonamides is 1. The van der Waals surface area contributed by atoms with Gasteiger partial charge in [-0.3, -0.25) is 4.79 Å². The summed E-state index contributed by atoms with van der Waals surface area (Å²) in [6, 6.07) is 7.06. The average molecular weight is 294 g/mol. The van der Waals surface area contributed by atoms with E-state index in [4.69, 9.17) is 10.4 Å². The summed E-state index contributed by atoms with van der Waals surface area (Å²) in [7, 11) is -3.89. The Balaban J connectivity index is 2.26. The van der Waals surface area contributed by atoms with Crippen molar-refractivity contribution in [2.75, 3.05) is 0 Å². The lowest BCUT2D eigenvalue weighted by Gasteiger charge is -2.16. The van der Waals surface area contributed by atoms with Gasteiger partial charge in [0.1, 0.15) is 6.07 Å². The summed E-state index contributed by atoms with van der Waals surface area (Å²) in [6.07, 6.45) is 1.39. The maximum Gasteiger partial charge on any atom is 0.304 e. The highest BCUT2D eigenvalue weighted by Crippen LogP contribution is 2.34. The van der Waals surface area contributed by atoms with Gasteiger partial charge in [-0.15, -0.1) is 0 Å². The summed E-state index contributed by atoms with van der Waals surface area (Å²) in [5.41, 5.74) is 0.0462. The molecule has 0 aliphatic heterocycles. The fourth-order valence-corrected chi connectivity index (χ4v) is 3.51. The molecule has 0 aromatic heterocycles. The van der Waals surface area contributed by atoms with Crippen molar-refractivity contribution in [2.24, 2.45) is 5.92 Å². The molecular formula is C13H14N2O4S. The highest BCUT2D eigenvalue weighted by Gasteiger charge is 2.36. The predicted octanol–water partition coefficient (Wildman–Crippen LogP) is 1.09. The molecule has 1 aliphatic carbocycles. The van der Waals surface area contributed by atoms with Gasteiger partial charge in [-0.2, -0.15) is 5.26 Å². The first-order valence-corrected chi connectivity index (χ1v) is 7.65. The van der Waals surface area contributed by atoms with Crippen LogP contribution in [-0.4, -0.2) is 25.5 Å².